The molecule has 1 N–H and O–H groups in total. The summed E-state index contributed by atoms with van der Waals surface area (Å²) >= 11 is 3.55. The summed E-state index contributed by atoms with van der Waals surface area (Å²) < 4.78 is 2.94. The lowest BCUT2D eigenvalue weighted by Crippen LogP contribution is -2.16. The van der Waals surface area contributed by atoms with Crippen molar-refractivity contribution in [1.29, 1.82) is 0 Å². The largest absolute Gasteiger partial charge is 0.305 e. The van der Waals surface area contributed by atoms with Gasteiger partial charge in [0, 0.05) is 32.5 Å². The van der Waals surface area contributed by atoms with E-state index < -0.39 is 0 Å². The van der Waals surface area contributed by atoms with E-state index in [0.29, 0.717) is 6.54 Å². The summed E-state index contributed by atoms with van der Waals surface area (Å²) in [5.41, 5.74) is 4.01. The third-order valence-electron chi connectivity index (χ3n) is 2.69. The van der Waals surface area contributed by atoms with E-state index in [1.54, 1.807) is 12.4 Å². The van der Waals surface area contributed by atoms with Crippen LogP contribution in [0.1, 0.15) is 22.8 Å². The van der Waals surface area contributed by atoms with Crippen LogP contribution in [0.3, 0.4) is 0 Å². The van der Waals surface area contributed by atoms with Crippen molar-refractivity contribution >= 4 is 15.9 Å². The molecule has 0 spiro atoms. The van der Waals surface area contributed by atoms with Crippen LogP contribution in [0, 0.1) is 13.8 Å². The predicted octanol–water partition coefficient (Wildman–Crippen LogP) is 1.88. The average Bonchev–Trinajstić information content (AvgIpc) is 2.58. The van der Waals surface area contributed by atoms with Gasteiger partial charge in [0.15, 0.2) is 0 Å². The summed E-state index contributed by atoms with van der Waals surface area (Å²) in [7, 11) is 1.94. The summed E-state index contributed by atoms with van der Waals surface area (Å²) in [6, 6.07) is 0. The summed E-state index contributed by atoms with van der Waals surface area (Å²) in [5, 5.41) is 7.69. The lowest BCUT2D eigenvalue weighted by Gasteiger charge is -2.05. The molecule has 2 aromatic rings. The van der Waals surface area contributed by atoms with E-state index in [-0.39, 0.29) is 0 Å². The quantitative estimate of drug-likeness (QED) is 0.937. The van der Waals surface area contributed by atoms with E-state index in [9.17, 15) is 0 Å². The minimum Gasteiger partial charge on any atom is -0.305 e. The lowest BCUT2D eigenvalue weighted by atomic mass is 10.3. The lowest BCUT2D eigenvalue weighted by molar-refractivity contribution is 0.615. The third kappa shape index (κ3) is 2.94. The summed E-state index contributed by atoms with van der Waals surface area (Å²) in [5.74, 6) is 0. The Kier molecular flexibility index (Phi) is 4.08. The van der Waals surface area contributed by atoms with E-state index in [1.807, 2.05) is 25.6 Å². The average molecular weight is 310 g/mol. The topological polar surface area (TPSA) is 55.6 Å². The molecule has 18 heavy (non-hydrogen) atoms. The number of hydrogen-bond donors (Lipinski definition) is 1. The van der Waals surface area contributed by atoms with Crippen LogP contribution >= 0.6 is 15.9 Å². The highest BCUT2D eigenvalue weighted by molar-refractivity contribution is 9.10. The fraction of sp³-hybridized carbons (Fsp3) is 0.417. The molecule has 0 fully saturated rings. The van der Waals surface area contributed by atoms with Gasteiger partial charge in [-0.3, -0.25) is 14.6 Å². The van der Waals surface area contributed by atoms with Crippen molar-refractivity contribution in [3.8, 4) is 0 Å². The van der Waals surface area contributed by atoms with Crippen molar-refractivity contribution in [3.05, 3.63) is 39.6 Å². The van der Waals surface area contributed by atoms with E-state index in [4.69, 9.17) is 0 Å². The monoisotopic (exact) mass is 309 g/mol. The van der Waals surface area contributed by atoms with Crippen LogP contribution in [0.25, 0.3) is 0 Å². The fourth-order valence-corrected chi connectivity index (χ4v) is 2.17. The first kappa shape index (κ1) is 13.2. The Morgan fingerprint density at radius 1 is 1.22 bits per heavy atom. The maximum atomic E-state index is 4.35. The molecule has 0 unspecified atom stereocenters. The van der Waals surface area contributed by atoms with Crippen LogP contribution < -0.4 is 5.32 Å². The zero-order valence-corrected chi connectivity index (χ0v) is 12.3. The predicted molar refractivity (Wildman–Crippen MR) is 73.0 cm³/mol. The van der Waals surface area contributed by atoms with Crippen LogP contribution in [0.15, 0.2) is 16.9 Å². The molecular weight excluding hydrogens is 294 g/mol. The molecule has 0 aliphatic carbocycles. The molecule has 0 radical (unpaired) electrons. The van der Waals surface area contributed by atoms with E-state index >= 15 is 0 Å². The molecule has 0 saturated heterocycles. The molecule has 0 atom stereocenters. The SMILES string of the molecule is Cc1cnc(CNCc2c(Br)c(C)nn2C)cn1. The first-order valence-corrected chi connectivity index (χ1v) is 6.53. The summed E-state index contributed by atoms with van der Waals surface area (Å²) in [6.45, 7) is 5.36. The molecule has 0 bridgehead atoms. The Morgan fingerprint density at radius 3 is 2.56 bits per heavy atom. The Balaban J connectivity index is 1.94. The van der Waals surface area contributed by atoms with Gasteiger partial charge in [0.1, 0.15) is 0 Å². The number of aromatic nitrogens is 4. The van der Waals surface area contributed by atoms with Crippen molar-refractivity contribution in [1.82, 2.24) is 25.1 Å². The first-order valence-electron chi connectivity index (χ1n) is 5.74. The number of hydrogen-bond acceptors (Lipinski definition) is 4. The first-order chi connectivity index (χ1) is 8.58. The Bertz CT molecular complexity index is 532. The molecule has 2 heterocycles. The highest BCUT2D eigenvalue weighted by Crippen LogP contribution is 2.19. The zero-order chi connectivity index (χ0) is 13.1. The van der Waals surface area contributed by atoms with Gasteiger partial charge in [-0.2, -0.15) is 5.10 Å². The normalized spacial score (nSPS) is 10.9. The number of nitrogens with one attached hydrogen (secondary N) is 1. The standard InChI is InChI=1S/C12H16BrN5/c1-8-4-16-10(6-15-8)5-14-7-11-12(13)9(2)17-18(11)3/h4,6,14H,5,7H2,1-3H3. The second-order valence-corrected chi connectivity index (χ2v) is 5.02. The minimum absolute atomic E-state index is 0.698. The van der Waals surface area contributed by atoms with Crippen LogP contribution in [-0.2, 0) is 20.1 Å². The molecule has 5 nitrogen and oxygen atoms in total. The zero-order valence-electron chi connectivity index (χ0n) is 10.7. The Hall–Kier alpha value is -1.27. The molecule has 96 valence electrons. The number of aryl methyl sites for hydroxylation is 3. The molecule has 6 heteroatoms. The molecule has 2 rings (SSSR count). The molecule has 2 aromatic heterocycles. The van der Waals surface area contributed by atoms with Gasteiger partial charge in [-0.05, 0) is 29.8 Å². The fourth-order valence-electron chi connectivity index (χ4n) is 1.69. The molecule has 0 saturated carbocycles. The summed E-state index contributed by atoms with van der Waals surface area (Å²) in [4.78, 5) is 8.52. The van der Waals surface area contributed by atoms with Gasteiger partial charge in [-0.15, -0.1) is 0 Å². The molecule has 0 aliphatic heterocycles. The maximum absolute atomic E-state index is 4.35. The second-order valence-electron chi connectivity index (χ2n) is 4.22. The van der Waals surface area contributed by atoms with E-state index in [2.05, 4.69) is 36.3 Å². The smallest absolute Gasteiger partial charge is 0.0739 e. The van der Waals surface area contributed by atoms with Crippen molar-refractivity contribution in [2.75, 3.05) is 0 Å². The van der Waals surface area contributed by atoms with Crippen molar-refractivity contribution in [3.63, 3.8) is 0 Å². The Morgan fingerprint density at radius 2 is 2.00 bits per heavy atom. The third-order valence-corrected chi connectivity index (χ3v) is 3.73. The number of rotatable bonds is 4. The van der Waals surface area contributed by atoms with Crippen molar-refractivity contribution in [2.45, 2.75) is 26.9 Å². The minimum atomic E-state index is 0.698. The highest BCUT2D eigenvalue weighted by atomic mass is 79.9. The van der Waals surface area contributed by atoms with Gasteiger partial charge in [-0.1, -0.05) is 0 Å². The van der Waals surface area contributed by atoms with E-state index in [0.717, 1.165) is 33.8 Å². The van der Waals surface area contributed by atoms with Gasteiger partial charge >= 0.3 is 0 Å². The molecule has 0 aliphatic rings. The van der Waals surface area contributed by atoms with Gasteiger partial charge in [0.2, 0.25) is 0 Å². The van der Waals surface area contributed by atoms with Crippen LogP contribution in [0.5, 0.6) is 0 Å². The highest BCUT2D eigenvalue weighted by Gasteiger charge is 2.09. The van der Waals surface area contributed by atoms with Crippen LogP contribution in [0.4, 0.5) is 0 Å². The number of halogens is 1. The van der Waals surface area contributed by atoms with Crippen molar-refractivity contribution in [2.24, 2.45) is 7.05 Å². The van der Waals surface area contributed by atoms with Gasteiger partial charge in [0.05, 0.1) is 27.2 Å². The second kappa shape index (κ2) is 5.58. The van der Waals surface area contributed by atoms with E-state index in [1.165, 1.54) is 0 Å². The van der Waals surface area contributed by atoms with Gasteiger partial charge < -0.3 is 5.32 Å². The van der Waals surface area contributed by atoms with Crippen LogP contribution in [-0.4, -0.2) is 19.7 Å². The number of nitrogens with zero attached hydrogens (tertiary/aromatic N) is 4. The molecule has 0 aromatic carbocycles. The molecule has 0 amide bonds. The maximum Gasteiger partial charge on any atom is 0.0739 e. The van der Waals surface area contributed by atoms with Crippen molar-refractivity contribution < 1.29 is 0 Å². The van der Waals surface area contributed by atoms with Gasteiger partial charge in [0.25, 0.3) is 0 Å². The summed E-state index contributed by atoms with van der Waals surface area (Å²) in [6.07, 6.45) is 3.58. The van der Waals surface area contributed by atoms with Gasteiger partial charge in [-0.25, -0.2) is 0 Å². The molecular formula is C12H16BrN5. The Labute approximate surface area is 115 Å². The van der Waals surface area contributed by atoms with Crippen LogP contribution in [0.2, 0.25) is 0 Å².